The first-order valence-electron chi connectivity index (χ1n) is 6.26. The molecule has 0 radical (unpaired) electrons. The predicted molar refractivity (Wildman–Crippen MR) is 79.6 cm³/mol. The van der Waals surface area contributed by atoms with E-state index in [-0.39, 0.29) is 12.5 Å². The van der Waals surface area contributed by atoms with Gasteiger partial charge >= 0.3 is 0 Å². The van der Waals surface area contributed by atoms with Gasteiger partial charge in [0.2, 0.25) is 0 Å². The third kappa shape index (κ3) is 2.85. The maximum absolute atomic E-state index is 12.1. The topological polar surface area (TPSA) is 79.0 Å². The number of nitrogens with one attached hydrogen (secondary N) is 2. The molecule has 0 aliphatic heterocycles. The van der Waals surface area contributed by atoms with Crippen molar-refractivity contribution in [3.8, 4) is 0 Å². The number of hydrogen-bond acceptors (Lipinski definition) is 3. The number of carbonyl (C=O) groups is 1. The van der Waals surface area contributed by atoms with Crippen LogP contribution >= 0.6 is 0 Å². The zero-order valence-electron chi connectivity index (χ0n) is 11.7. The molecule has 2 rings (SSSR count). The molecule has 0 aliphatic carbocycles. The molecule has 1 aromatic heterocycles. The van der Waals surface area contributed by atoms with E-state index in [1.54, 1.807) is 32.2 Å². The molecule has 2 N–H and O–H groups in total. The van der Waals surface area contributed by atoms with Crippen molar-refractivity contribution in [3.05, 3.63) is 36.0 Å². The molecule has 20 heavy (non-hydrogen) atoms. The van der Waals surface area contributed by atoms with Crippen LogP contribution in [0.3, 0.4) is 0 Å². The summed E-state index contributed by atoms with van der Waals surface area (Å²) in [5.41, 5.74) is 1.47. The van der Waals surface area contributed by atoms with Crippen LogP contribution in [0.1, 0.15) is 24.2 Å². The second-order valence-corrected chi connectivity index (χ2v) is 8.14. The number of aromatic nitrogens is 1. The average Bonchev–Trinajstić information content (AvgIpc) is 2.81. The quantitative estimate of drug-likeness (QED) is 0.901. The number of benzene rings is 1. The fraction of sp³-hybridized carbons (Fsp3) is 0.357. The van der Waals surface area contributed by atoms with E-state index >= 15 is 0 Å². The molecule has 0 spiro atoms. The number of sulfone groups is 1. The zero-order chi connectivity index (χ0) is 15.0. The van der Waals surface area contributed by atoms with E-state index in [1.165, 1.54) is 6.26 Å². The number of rotatable bonds is 4. The molecule has 108 valence electrons. The van der Waals surface area contributed by atoms with Crippen LogP contribution in [-0.2, 0) is 9.84 Å². The molecule has 0 unspecified atom stereocenters. The summed E-state index contributed by atoms with van der Waals surface area (Å²) >= 11 is 0. The fourth-order valence-corrected chi connectivity index (χ4v) is 2.06. The average molecular weight is 294 g/mol. The van der Waals surface area contributed by atoms with Gasteiger partial charge in [-0.1, -0.05) is 0 Å². The van der Waals surface area contributed by atoms with Crippen molar-refractivity contribution in [1.82, 2.24) is 10.3 Å². The molecule has 0 aliphatic rings. The Kier molecular flexibility index (Phi) is 3.60. The van der Waals surface area contributed by atoms with Crippen molar-refractivity contribution in [2.75, 3.05) is 12.8 Å². The van der Waals surface area contributed by atoms with E-state index in [2.05, 4.69) is 10.3 Å². The highest BCUT2D eigenvalue weighted by molar-refractivity contribution is 7.92. The minimum absolute atomic E-state index is 0.0792. The zero-order valence-corrected chi connectivity index (χ0v) is 12.5. The Balaban J connectivity index is 2.12. The van der Waals surface area contributed by atoms with Crippen LogP contribution in [0.5, 0.6) is 0 Å². The van der Waals surface area contributed by atoms with Gasteiger partial charge in [0.25, 0.3) is 5.91 Å². The Morgan fingerprint density at radius 3 is 2.65 bits per heavy atom. The molecule has 0 saturated carbocycles. The number of carbonyl (C=O) groups excluding carboxylic acids is 1. The lowest BCUT2D eigenvalue weighted by atomic mass is 10.1. The number of fused-ring (bicyclic) bond motifs is 1. The second-order valence-electron chi connectivity index (χ2n) is 5.49. The summed E-state index contributed by atoms with van der Waals surface area (Å²) in [6, 6.07) is 7.19. The van der Waals surface area contributed by atoms with Crippen LogP contribution in [0.2, 0.25) is 0 Å². The van der Waals surface area contributed by atoms with Crippen molar-refractivity contribution in [3.63, 3.8) is 0 Å². The van der Waals surface area contributed by atoms with E-state index in [1.807, 2.05) is 12.1 Å². The monoisotopic (exact) mass is 294 g/mol. The Labute approximate surface area is 118 Å². The van der Waals surface area contributed by atoms with Gasteiger partial charge in [-0.25, -0.2) is 8.42 Å². The largest absolute Gasteiger partial charge is 0.361 e. The first-order valence-corrected chi connectivity index (χ1v) is 8.15. The maximum Gasteiger partial charge on any atom is 0.251 e. The van der Waals surface area contributed by atoms with Crippen LogP contribution < -0.4 is 5.32 Å². The van der Waals surface area contributed by atoms with Gasteiger partial charge in [-0.15, -0.1) is 0 Å². The van der Waals surface area contributed by atoms with Gasteiger partial charge in [0.15, 0.2) is 9.84 Å². The second kappa shape index (κ2) is 4.94. The maximum atomic E-state index is 12.1. The van der Waals surface area contributed by atoms with Crippen molar-refractivity contribution in [1.29, 1.82) is 0 Å². The lowest BCUT2D eigenvalue weighted by molar-refractivity contribution is 0.0950. The van der Waals surface area contributed by atoms with Gasteiger partial charge in [-0.3, -0.25) is 4.79 Å². The molecule has 2 aromatic rings. The Hall–Kier alpha value is -1.82. The van der Waals surface area contributed by atoms with Crippen molar-refractivity contribution >= 4 is 26.6 Å². The summed E-state index contributed by atoms with van der Waals surface area (Å²) in [5.74, 6) is -0.273. The summed E-state index contributed by atoms with van der Waals surface area (Å²) in [6.07, 6.45) is 2.98. The molecule has 1 amide bonds. The number of H-pyrrole nitrogens is 1. The summed E-state index contributed by atoms with van der Waals surface area (Å²) in [4.78, 5) is 15.1. The van der Waals surface area contributed by atoms with Crippen LogP contribution in [0, 0.1) is 0 Å². The van der Waals surface area contributed by atoms with Crippen molar-refractivity contribution < 1.29 is 13.2 Å². The fourth-order valence-electron chi connectivity index (χ4n) is 1.72. The molecule has 0 saturated heterocycles. The standard InChI is InChI=1S/C14H18N2O3S/c1-14(2,20(3,18)19)9-16-13(17)11-4-5-12-10(8-11)6-7-15-12/h4-8,15H,9H2,1-3H3,(H,16,17). The highest BCUT2D eigenvalue weighted by Crippen LogP contribution is 2.16. The highest BCUT2D eigenvalue weighted by atomic mass is 32.2. The third-order valence-corrected chi connectivity index (χ3v) is 5.65. The molecule has 1 aromatic carbocycles. The summed E-state index contributed by atoms with van der Waals surface area (Å²) in [5, 5.41) is 3.62. The minimum Gasteiger partial charge on any atom is -0.361 e. The summed E-state index contributed by atoms with van der Waals surface area (Å²) in [7, 11) is -3.23. The van der Waals surface area contributed by atoms with E-state index in [9.17, 15) is 13.2 Å². The van der Waals surface area contributed by atoms with Gasteiger partial charge in [0, 0.05) is 35.5 Å². The predicted octanol–water partition coefficient (Wildman–Crippen LogP) is 1.72. The summed E-state index contributed by atoms with van der Waals surface area (Å²) in [6.45, 7) is 3.27. The molecule has 0 fully saturated rings. The normalized spacial score (nSPS) is 12.6. The summed E-state index contributed by atoms with van der Waals surface area (Å²) < 4.78 is 22.2. The van der Waals surface area contributed by atoms with Crippen molar-refractivity contribution in [2.45, 2.75) is 18.6 Å². The van der Waals surface area contributed by atoms with Crippen molar-refractivity contribution in [2.24, 2.45) is 0 Å². The smallest absolute Gasteiger partial charge is 0.251 e. The number of aromatic amines is 1. The molecule has 5 nitrogen and oxygen atoms in total. The minimum atomic E-state index is -3.23. The van der Waals surface area contributed by atoms with E-state index in [0.717, 1.165) is 10.9 Å². The lowest BCUT2D eigenvalue weighted by Crippen LogP contribution is -2.43. The highest BCUT2D eigenvalue weighted by Gasteiger charge is 2.30. The Morgan fingerprint density at radius 2 is 2.00 bits per heavy atom. The molecular weight excluding hydrogens is 276 g/mol. The van der Waals surface area contributed by atoms with Gasteiger partial charge in [0.1, 0.15) is 0 Å². The number of amides is 1. The molecule has 0 bridgehead atoms. The van der Waals surface area contributed by atoms with E-state index in [4.69, 9.17) is 0 Å². The van der Waals surface area contributed by atoms with Gasteiger partial charge in [-0.05, 0) is 38.1 Å². The van der Waals surface area contributed by atoms with Crippen LogP contribution in [0.15, 0.2) is 30.5 Å². The van der Waals surface area contributed by atoms with Crippen LogP contribution in [-0.4, -0.2) is 36.9 Å². The molecule has 1 heterocycles. The van der Waals surface area contributed by atoms with Crippen LogP contribution in [0.25, 0.3) is 10.9 Å². The number of hydrogen-bond donors (Lipinski definition) is 2. The Bertz CT molecular complexity index is 745. The first-order chi connectivity index (χ1) is 9.21. The molecule has 6 heteroatoms. The van der Waals surface area contributed by atoms with Gasteiger partial charge in [0.05, 0.1) is 4.75 Å². The first kappa shape index (κ1) is 14.6. The van der Waals surface area contributed by atoms with E-state index < -0.39 is 14.6 Å². The molecular formula is C14H18N2O3S. The van der Waals surface area contributed by atoms with Crippen LogP contribution in [0.4, 0.5) is 0 Å². The van der Waals surface area contributed by atoms with Gasteiger partial charge in [-0.2, -0.15) is 0 Å². The Morgan fingerprint density at radius 1 is 1.30 bits per heavy atom. The third-order valence-electron chi connectivity index (χ3n) is 3.49. The molecule has 0 atom stereocenters. The van der Waals surface area contributed by atoms with E-state index in [0.29, 0.717) is 5.56 Å². The van der Waals surface area contributed by atoms with Gasteiger partial charge < -0.3 is 10.3 Å². The SMILES string of the molecule is CC(C)(CNC(=O)c1ccc2[nH]ccc2c1)S(C)(=O)=O. The lowest BCUT2D eigenvalue weighted by Gasteiger charge is -2.22.